The highest BCUT2D eigenvalue weighted by Crippen LogP contribution is 2.45. The summed E-state index contributed by atoms with van der Waals surface area (Å²) in [5.74, 6) is -0.430. The average Bonchev–Trinajstić information content (AvgIpc) is 2.44. The summed E-state index contributed by atoms with van der Waals surface area (Å²) in [5.41, 5.74) is 0.456. The summed E-state index contributed by atoms with van der Waals surface area (Å²) in [6.07, 6.45) is 4.05. The normalized spacial score (nSPS) is 40.0. The number of carboxylic acid groups (broad SMARTS) is 1. The number of carboxylic acids is 1. The molecular weight excluding hydrogens is 154 g/mol. The molecule has 2 aliphatic rings. The second kappa shape index (κ2) is 2.57. The van der Waals surface area contributed by atoms with Gasteiger partial charge in [-0.25, -0.2) is 0 Å². The molecule has 0 amide bonds. The smallest absolute Gasteiger partial charge is 0.312 e. The van der Waals surface area contributed by atoms with E-state index in [1.807, 2.05) is 0 Å². The van der Waals surface area contributed by atoms with E-state index in [0.29, 0.717) is 11.6 Å². The van der Waals surface area contributed by atoms with Crippen LogP contribution in [-0.4, -0.2) is 16.8 Å². The molecule has 3 atom stereocenters. The number of aliphatic carboxylic acids is 1. The largest absolute Gasteiger partial charge is 0.481 e. The van der Waals surface area contributed by atoms with Gasteiger partial charge in [-0.1, -0.05) is 6.42 Å². The summed E-state index contributed by atoms with van der Waals surface area (Å²) in [7, 11) is 0. The molecule has 0 heterocycles. The van der Waals surface area contributed by atoms with Gasteiger partial charge in [0, 0.05) is 5.71 Å². The van der Waals surface area contributed by atoms with Crippen LogP contribution in [0.4, 0.5) is 0 Å². The van der Waals surface area contributed by atoms with E-state index in [9.17, 15) is 4.79 Å². The Hall–Kier alpha value is -0.860. The van der Waals surface area contributed by atoms with Crippen molar-refractivity contribution in [2.75, 3.05) is 0 Å². The lowest BCUT2D eigenvalue weighted by Crippen LogP contribution is -2.23. The second-order valence-corrected chi connectivity index (χ2v) is 3.90. The number of carbonyl (C=O) groups is 1. The van der Waals surface area contributed by atoms with E-state index < -0.39 is 11.9 Å². The van der Waals surface area contributed by atoms with Gasteiger partial charge in [-0.2, -0.15) is 0 Å². The van der Waals surface area contributed by atoms with Crippen molar-refractivity contribution in [1.82, 2.24) is 0 Å². The number of fused-ring (bicyclic) bond motifs is 1. The fourth-order valence-electron chi connectivity index (χ4n) is 2.76. The van der Waals surface area contributed by atoms with Crippen LogP contribution in [0.15, 0.2) is 0 Å². The first kappa shape index (κ1) is 7.77. The van der Waals surface area contributed by atoms with E-state index in [4.69, 9.17) is 10.5 Å². The Labute approximate surface area is 71.3 Å². The van der Waals surface area contributed by atoms with Crippen molar-refractivity contribution in [1.29, 1.82) is 5.41 Å². The Balaban J connectivity index is 2.21. The highest BCUT2D eigenvalue weighted by molar-refractivity contribution is 6.02. The molecule has 3 nitrogen and oxygen atoms in total. The Bertz CT molecular complexity index is 237. The summed E-state index contributed by atoms with van der Waals surface area (Å²) < 4.78 is 0. The molecule has 0 radical (unpaired) electrons. The third kappa shape index (κ3) is 0.958. The van der Waals surface area contributed by atoms with Gasteiger partial charge in [0.2, 0.25) is 0 Å². The van der Waals surface area contributed by atoms with Crippen molar-refractivity contribution in [2.24, 2.45) is 17.8 Å². The predicted molar refractivity (Wildman–Crippen MR) is 44.3 cm³/mol. The minimum atomic E-state index is -0.783. The van der Waals surface area contributed by atoms with E-state index in [-0.39, 0.29) is 5.92 Å². The summed E-state index contributed by atoms with van der Waals surface area (Å²) in [6.45, 7) is 0. The molecule has 0 saturated heterocycles. The molecule has 0 aromatic heterocycles. The molecule has 2 aliphatic carbocycles. The van der Waals surface area contributed by atoms with Crippen LogP contribution in [0.2, 0.25) is 0 Å². The fraction of sp³-hybridized carbons (Fsp3) is 0.778. The summed E-state index contributed by atoms with van der Waals surface area (Å²) in [4.78, 5) is 10.8. The monoisotopic (exact) mass is 167 g/mol. The van der Waals surface area contributed by atoms with Crippen molar-refractivity contribution in [2.45, 2.75) is 25.7 Å². The van der Waals surface area contributed by atoms with E-state index in [2.05, 4.69) is 0 Å². The van der Waals surface area contributed by atoms with Gasteiger partial charge < -0.3 is 10.5 Å². The van der Waals surface area contributed by atoms with Gasteiger partial charge >= 0.3 is 5.97 Å². The Morgan fingerprint density at radius 2 is 2.25 bits per heavy atom. The van der Waals surface area contributed by atoms with Crippen molar-refractivity contribution < 1.29 is 9.90 Å². The lowest BCUT2D eigenvalue weighted by Gasteiger charge is -2.12. The standard InChI is InChI=1S/C9H13NO2/c10-7-4-5-2-1-3-6(5)8(7)9(11)12/h5-6,8,10H,1-4H2,(H,11,12). The van der Waals surface area contributed by atoms with Crippen LogP contribution < -0.4 is 0 Å². The summed E-state index contributed by atoms with van der Waals surface area (Å²) >= 11 is 0. The number of rotatable bonds is 1. The zero-order chi connectivity index (χ0) is 8.72. The maximum atomic E-state index is 10.8. The van der Waals surface area contributed by atoms with E-state index >= 15 is 0 Å². The lowest BCUT2D eigenvalue weighted by atomic mass is 9.92. The van der Waals surface area contributed by atoms with Crippen LogP contribution in [0.25, 0.3) is 0 Å². The first-order valence-corrected chi connectivity index (χ1v) is 4.50. The average molecular weight is 167 g/mol. The zero-order valence-electron chi connectivity index (χ0n) is 6.92. The van der Waals surface area contributed by atoms with Crippen molar-refractivity contribution in [3.8, 4) is 0 Å². The van der Waals surface area contributed by atoms with Gasteiger partial charge in [-0.05, 0) is 31.1 Å². The molecule has 12 heavy (non-hydrogen) atoms. The molecular formula is C9H13NO2. The van der Waals surface area contributed by atoms with Gasteiger partial charge in [0.1, 0.15) is 0 Å². The van der Waals surface area contributed by atoms with Crippen molar-refractivity contribution in [3.05, 3.63) is 0 Å². The van der Waals surface area contributed by atoms with Crippen LogP contribution in [0.1, 0.15) is 25.7 Å². The van der Waals surface area contributed by atoms with E-state index in [0.717, 1.165) is 25.7 Å². The molecule has 66 valence electrons. The van der Waals surface area contributed by atoms with Gasteiger partial charge in [0.05, 0.1) is 5.92 Å². The quantitative estimate of drug-likeness (QED) is 0.622. The minimum absolute atomic E-state index is 0.287. The van der Waals surface area contributed by atoms with Crippen LogP contribution >= 0.6 is 0 Å². The number of hydrogen-bond donors (Lipinski definition) is 2. The maximum absolute atomic E-state index is 10.8. The predicted octanol–water partition coefficient (Wildman–Crippen LogP) is 1.53. The van der Waals surface area contributed by atoms with Crippen molar-refractivity contribution in [3.63, 3.8) is 0 Å². The maximum Gasteiger partial charge on any atom is 0.312 e. The van der Waals surface area contributed by atoms with Gasteiger partial charge in [0.15, 0.2) is 0 Å². The number of hydrogen-bond acceptors (Lipinski definition) is 2. The second-order valence-electron chi connectivity index (χ2n) is 3.90. The molecule has 0 aromatic rings. The van der Waals surface area contributed by atoms with Gasteiger partial charge in [0.25, 0.3) is 0 Å². The van der Waals surface area contributed by atoms with Crippen LogP contribution in [-0.2, 0) is 4.79 Å². The van der Waals surface area contributed by atoms with Gasteiger partial charge in [-0.15, -0.1) is 0 Å². The minimum Gasteiger partial charge on any atom is -0.481 e. The highest BCUT2D eigenvalue weighted by Gasteiger charge is 2.46. The number of nitrogens with one attached hydrogen (secondary N) is 1. The van der Waals surface area contributed by atoms with Crippen LogP contribution in [0.5, 0.6) is 0 Å². The molecule has 2 saturated carbocycles. The molecule has 2 N–H and O–H groups in total. The van der Waals surface area contributed by atoms with E-state index in [1.165, 1.54) is 0 Å². The third-order valence-electron chi connectivity index (χ3n) is 3.27. The molecule has 0 aliphatic heterocycles. The molecule has 3 heteroatoms. The third-order valence-corrected chi connectivity index (χ3v) is 3.27. The molecule has 0 aromatic carbocycles. The van der Waals surface area contributed by atoms with Gasteiger partial charge in [-0.3, -0.25) is 4.79 Å². The molecule has 3 unspecified atom stereocenters. The summed E-state index contributed by atoms with van der Waals surface area (Å²) in [5, 5.41) is 16.4. The zero-order valence-corrected chi connectivity index (χ0v) is 6.92. The molecule has 2 fully saturated rings. The SMILES string of the molecule is N=C1CC2CCCC2C1C(=O)O. The van der Waals surface area contributed by atoms with Crippen molar-refractivity contribution >= 4 is 11.7 Å². The molecule has 2 rings (SSSR count). The molecule has 0 bridgehead atoms. The fourth-order valence-corrected chi connectivity index (χ4v) is 2.76. The van der Waals surface area contributed by atoms with E-state index in [1.54, 1.807) is 0 Å². The highest BCUT2D eigenvalue weighted by atomic mass is 16.4. The lowest BCUT2D eigenvalue weighted by molar-refractivity contribution is -0.140. The first-order valence-electron chi connectivity index (χ1n) is 4.50. The Morgan fingerprint density at radius 3 is 2.92 bits per heavy atom. The summed E-state index contributed by atoms with van der Waals surface area (Å²) in [6, 6.07) is 0. The topological polar surface area (TPSA) is 61.2 Å². The first-order chi connectivity index (χ1) is 5.70. The Morgan fingerprint density at radius 1 is 1.50 bits per heavy atom. The Kier molecular flexibility index (Phi) is 1.67. The molecule has 0 spiro atoms. The van der Waals surface area contributed by atoms with Crippen LogP contribution in [0, 0.1) is 23.2 Å². The van der Waals surface area contributed by atoms with Crippen LogP contribution in [0.3, 0.4) is 0 Å².